The van der Waals surface area contributed by atoms with Gasteiger partial charge in [-0.25, -0.2) is 9.59 Å². The summed E-state index contributed by atoms with van der Waals surface area (Å²) in [5.74, 6) is -0.463. The minimum atomic E-state index is -2.07. The molecule has 0 saturated carbocycles. The third-order valence-electron chi connectivity index (χ3n) is 5.40. The molecule has 1 saturated heterocycles. The molecule has 0 aromatic carbocycles. The number of nitrogens with zero attached hydrogens (tertiary/aromatic N) is 1. The first-order chi connectivity index (χ1) is 12.1. The van der Waals surface area contributed by atoms with Gasteiger partial charge in [-0.3, -0.25) is 4.90 Å². The van der Waals surface area contributed by atoms with E-state index in [0.29, 0.717) is 13.0 Å². The normalized spacial score (nSPS) is 23.9. The second kappa shape index (κ2) is 7.95. The van der Waals surface area contributed by atoms with Crippen LogP contribution >= 0.6 is 0 Å². The summed E-state index contributed by atoms with van der Waals surface area (Å²) in [5, 5.41) is 0.0265. The number of hydrogen-bond acceptors (Lipinski definition) is 5. The molecule has 1 heterocycles. The van der Waals surface area contributed by atoms with Gasteiger partial charge in [-0.2, -0.15) is 0 Å². The maximum absolute atomic E-state index is 12.9. The molecular formula is C20H37NO5Si. The fourth-order valence-electron chi connectivity index (χ4n) is 3.07. The Hall–Kier alpha value is -1.34. The molecule has 0 aromatic heterocycles. The van der Waals surface area contributed by atoms with Gasteiger partial charge in [0.05, 0.1) is 19.8 Å². The predicted molar refractivity (Wildman–Crippen MR) is 109 cm³/mol. The zero-order valence-corrected chi connectivity index (χ0v) is 19.5. The molecule has 2 atom stereocenters. The highest BCUT2D eigenvalue weighted by atomic mass is 28.4. The van der Waals surface area contributed by atoms with E-state index in [9.17, 15) is 9.59 Å². The fraction of sp³-hybridized carbons (Fsp3) is 0.800. The van der Waals surface area contributed by atoms with Crippen molar-refractivity contribution in [3.05, 3.63) is 12.7 Å². The quantitative estimate of drug-likeness (QED) is 0.387. The minimum absolute atomic E-state index is 0.0265. The van der Waals surface area contributed by atoms with E-state index in [1.807, 2.05) is 0 Å². The van der Waals surface area contributed by atoms with E-state index < -0.39 is 31.5 Å². The standard InChI is InChI=1S/C20H37NO5Si/c1-11-12-20(16(22)24-8)13-15(26-27(9,10)19(5,6)7)14-21(20)17(23)25-18(2,3)4/h11,15H,1,12-14H2,2-10H3/t15-,20-/m1/s1. The molecule has 27 heavy (non-hydrogen) atoms. The summed E-state index contributed by atoms with van der Waals surface area (Å²) in [6, 6.07) is 0. The second-order valence-corrected chi connectivity index (χ2v) is 14.6. The van der Waals surface area contributed by atoms with E-state index in [4.69, 9.17) is 13.9 Å². The topological polar surface area (TPSA) is 65.1 Å². The van der Waals surface area contributed by atoms with Gasteiger partial charge in [-0.05, 0) is 45.3 Å². The van der Waals surface area contributed by atoms with Crippen LogP contribution in [0.25, 0.3) is 0 Å². The first kappa shape index (κ1) is 23.7. The molecule has 0 aromatic rings. The number of esters is 1. The molecule has 6 nitrogen and oxygen atoms in total. The Morgan fingerprint density at radius 3 is 2.19 bits per heavy atom. The third kappa shape index (κ3) is 5.35. The number of rotatable bonds is 5. The van der Waals surface area contributed by atoms with Crippen LogP contribution in [0.1, 0.15) is 54.4 Å². The number of amides is 1. The summed E-state index contributed by atoms with van der Waals surface area (Å²) >= 11 is 0. The highest BCUT2D eigenvalue weighted by Crippen LogP contribution is 2.42. The Bertz CT molecular complexity index is 576. The Labute approximate surface area is 165 Å². The Kier molecular flexibility index (Phi) is 6.98. The highest BCUT2D eigenvalue weighted by Gasteiger charge is 2.56. The summed E-state index contributed by atoms with van der Waals surface area (Å²) < 4.78 is 17.1. The van der Waals surface area contributed by atoms with E-state index in [2.05, 4.69) is 40.4 Å². The highest BCUT2D eigenvalue weighted by molar-refractivity contribution is 6.74. The van der Waals surface area contributed by atoms with Crippen molar-refractivity contribution < 1.29 is 23.5 Å². The number of hydrogen-bond donors (Lipinski definition) is 0. The Balaban J connectivity index is 3.25. The van der Waals surface area contributed by atoms with E-state index in [-0.39, 0.29) is 17.6 Å². The van der Waals surface area contributed by atoms with Gasteiger partial charge in [0.2, 0.25) is 0 Å². The van der Waals surface area contributed by atoms with Gasteiger partial charge < -0.3 is 13.9 Å². The molecule has 0 unspecified atom stereocenters. The summed E-state index contributed by atoms with van der Waals surface area (Å²) in [4.78, 5) is 27.1. The molecular weight excluding hydrogens is 362 g/mol. The average Bonchev–Trinajstić information content (AvgIpc) is 2.82. The number of methoxy groups -OCH3 is 1. The zero-order valence-electron chi connectivity index (χ0n) is 18.5. The SMILES string of the molecule is C=CC[C@]1(C(=O)OC)C[C@@H](O[Si](C)(C)C(C)(C)C)CN1C(=O)OC(C)(C)C. The molecule has 0 aliphatic carbocycles. The first-order valence-electron chi connectivity index (χ1n) is 9.47. The maximum atomic E-state index is 12.9. The van der Waals surface area contributed by atoms with Crippen LogP contribution in [0.2, 0.25) is 18.1 Å². The van der Waals surface area contributed by atoms with Crippen LogP contribution in [0.3, 0.4) is 0 Å². The van der Waals surface area contributed by atoms with Crippen LogP contribution in [0, 0.1) is 0 Å². The molecule has 0 bridgehead atoms. The van der Waals surface area contributed by atoms with E-state index in [1.54, 1.807) is 26.8 Å². The minimum Gasteiger partial charge on any atom is -0.467 e. The van der Waals surface area contributed by atoms with Crippen molar-refractivity contribution in [3.63, 3.8) is 0 Å². The van der Waals surface area contributed by atoms with E-state index >= 15 is 0 Å². The van der Waals surface area contributed by atoms with E-state index in [1.165, 1.54) is 12.0 Å². The van der Waals surface area contributed by atoms with Crippen molar-refractivity contribution in [2.75, 3.05) is 13.7 Å². The Morgan fingerprint density at radius 2 is 1.78 bits per heavy atom. The molecule has 0 spiro atoms. The van der Waals surface area contributed by atoms with Crippen LogP contribution in [-0.2, 0) is 18.7 Å². The van der Waals surface area contributed by atoms with Crippen LogP contribution in [0.4, 0.5) is 4.79 Å². The van der Waals surface area contributed by atoms with Gasteiger partial charge in [-0.1, -0.05) is 26.8 Å². The lowest BCUT2D eigenvalue weighted by molar-refractivity contribution is -0.153. The van der Waals surface area contributed by atoms with Gasteiger partial charge >= 0.3 is 12.1 Å². The molecule has 0 N–H and O–H groups in total. The van der Waals surface area contributed by atoms with E-state index in [0.717, 1.165) is 0 Å². The molecule has 1 fully saturated rings. The maximum Gasteiger partial charge on any atom is 0.411 e. The molecule has 156 valence electrons. The zero-order chi connectivity index (χ0) is 21.3. The molecule has 0 radical (unpaired) electrons. The van der Waals surface area contributed by atoms with Crippen molar-refractivity contribution in [2.24, 2.45) is 0 Å². The van der Waals surface area contributed by atoms with Crippen molar-refractivity contribution in [1.29, 1.82) is 0 Å². The van der Waals surface area contributed by atoms with Crippen molar-refractivity contribution in [3.8, 4) is 0 Å². The lowest BCUT2D eigenvalue weighted by atomic mass is 9.91. The molecule has 1 rings (SSSR count). The summed E-state index contributed by atoms with van der Waals surface area (Å²) in [6.45, 7) is 20.3. The predicted octanol–water partition coefficient (Wildman–Crippen LogP) is 4.51. The monoisotopic (exact) mass is 399 g/mol. The van der Waals surface area contributed by atoms with Gasteiger partial charge in [0.15, 0.2) is 8.32 Å². The Morgan fingerprint density at radius 1 is 1.22 bits per heavy atom. The second-order valence-electron chi connectivity index (χ2n) is 9.81. The third-order valence-corrected chi connectivity index (χ3v) is 9.93. The van der Waals surface area contributed by atoms with Gasteiger partial charge in [-0.15, -0.1) is 6.58 Å². The summed E-state index contributed by atoms with van der Waals surface area (Å²) in [5.41, 5.74) is -1.81. The van der Waals surface area contributed by atoms with Crippen molar-refractivity contribution in [2.45, 2.75) is 89.8 Å². The van der Waals surface area contributed by atoms with Gasteiger partial charge in [0.1, 0.15) is 11.1 Å². The number of carbonyl (C=O) groups excluding carboxylic acids is 2. The lowest BCUT2D eigenvalue weighted by Crippen LogP contribution is -2.54. The van der Waals surface area contributed by atoms with Gasteiger partial charge in [0.25, 0.3) is 0 Å². The number of likely N-dealkylation sites (tertiary alicyclic amines) is 1. The molecule has 1 aliphatic rings. The molecule has 1 aliphatic heterocycles. The van der Waals surface area contributed by atoms with Crippen molar-refractivity contribution >= 4 is 20.4 Å². The molecule has 1 amide bonds. The average molecular weight is 400 g/mol. The first-order valence-corrected chi connectivity index (χ1v) is 12.4. The van der Waals surface area contributed by atoms with Crippen LogP contribution in [0.15, 0.2) is 12.7 Å². The largest absolute Gasteiger partial charge is 0.467 e. The van der Waals surface area contributed by atoms with Crippen LogP contribution in [0.5, 0.6) is 0 Å². The molecule has 7 heteroatoms. The van der Waals surface area contributed by atoms with Crippen LogP contribution < -0.4 is 0 Å². The number of ether oxygens (including phenoxy) is 2. The smallest absolute Gasteiger partial charge is 0.411 e. The van der Waals surface area contributed by atoms with Gasteiger partial charge in [0, 0.05) is 6.42 Å². The fourth-order valence-corrected chi connectivity index (χ4v) is 4.41. The summed E-state index contributed by atoms with van der Waals surface area (Å²) in [7, 11) is -0.733. The van der Waals surface area contributed by atoms with Crippen molar-refractivity contribution in [1.82, 2.24) is 4.90 Å². The lowest BCUT2D eigenvalue weighted by Gasteiger charge is -2.38. The number of carbonyl (C=O) groups is 2. The van der Waals surface area contributed by atoms with Crippen LogP contribution in [-0.4, -0.2) is 56.2 Å². The summed E-state index contributed by atoms with van der Waals surface area (Å²) in [6.07, 6.45) is 1.52.